The molecule has 1 N–H and O–H groups in total. The van der Waals surface area contributed by atoms with Gasteiger partial charge in [0.15, 0.2) is 9.84 Å². The molecule has 0 spiro atoms. The Morgan fingerprint density at radius 3 is 2.12 bits per heavy atom. The molecule has 6 heteroatoms. The van der Waals surface area contributed by atoms with Crippen LogP contribution in [0.4, 0.5) is 0 Å². The molecule has 0 unspecified atom stereocenters. The van der Waals surface area contributed by atoms with E-state index in [4.69, 9.17) is 0 Å². The number of nitrogens with one attached hydrogen (secondary N) is 1. The van der Waals surface area contributed by atoms with Gasteiger partial charge in [-0.25, -0.2) is 8.42 Å². The van der Waals surface area contributed by atoms with Gasteiger partial charge in [-0.05, 0) is 12.1 Å². The molecule has 3 rings (SSSR count). The molecule has 5 nitrogen and oxygen atoms in total. The highest BCUT2D eigenvalue weighted by Crippen LogP contribution is 2.12. The number of rotatable bonds is 6. The quantitative estimate of drug-likeness (QED) is 0.814. The summed E-state index contributed by atoms with van der Waals surface area (Å²) in [6.07, 6.45) is 0.0469. The average molecular weight is 373 g/mol. The molecular formula is C20H25N2O3S+. The normalized spacial score (nSPS) is 15.8. The summed E-state index contributed by atoms with van der Waals surface area (Å²) in [6.45, 7) is 4.13. The molecule has 1 heterocycles. The number of nitrogens with zero attached hydrogens (tertiary/aromatic N) is 1. The standard InChI is InChI=1S/C20H24N2O3S/c23-20(11-16-26(24,25)19-9-5-2-6-10-19)22-14-12-21(13-15-22)17-18-7-3-1-4-8-18/h1-10H,11-17H2/p+1. The molecule has 1 aliphatic heterocycles. The van der Waals surface area contributed by atoms with E-state index < -0.39 is 9.84 Å². The van der Waals surface area contributed by atoms with E-state index in [1.165, 1.54) is 10.5 Å². The lowest BCUT2D eigenvalue weighted by atomic mass is 10.2. The molecule has 1 fully saturated rings. The number of carbonyl (C=O) groups is 1. The summed E-state index contributed by atoms with van der Waals surface area (Å²) in [5.41, 5.74) is 1.30. The number of amides is 1. The minimum atomic E-state index is -3.40. The maximum atomic E-state index is 12.4. The van der Waals surface area contributed by atoms with E-state index in [2.05, 4.69) is 12.1 Å². The fraction of sp³-hybridized carbons (Fsp3) is 0.350. The lowest BCUT2D eigenvalue weighted by molar-refractivity contribution is -0.917. The molecule has 0 radical (unpaired) electrons. The summed E-state index contributed by atoms with van der Waals surface area (Å²) in [5.74, 6) is -0.198. The number of hydrogen-bond donors (Lipinski definition) is 1. The fourth-order valence-corrected chi connectivity index (χ4v) is 4.51. The maximum Gasteiger partial charge on any atom is 0.224 e. The van der Waals surface area contributed by atoms with Gasteiger partial charge in [-0.3, -0.25) is 4.79 Å². The topological polar surface area (TPSA) is 58.9 Å². The Morgan fingerprint density at radius 2 is 1.50 bits per heavy atom. The van der Waals surface area contributed by atoms with Crippen molar-refractivity contribution in [1.29, 1.82) is 0 Å². The Kier molecular flexibility index (Phi) is 6.06. The predicted molar refractivity (Wildman–Crippen MR) is 101 cm³/mol. The van der Waals surface area contributed by atoms with Crippen LogP contribution in [-0.4, -0.2) is 51.2 Å². The highest BCUT2D eigenvalue weighted by atomic mass is 32.2. The highest BCUT2D eigenvalue weighted by Gasteiger charge is 2.25. The van der Waals surface area contributed by atoms with E-state index in [-0.39, 0.29) is 23.0 Å². The Labute approximate surface area is 155 Å². The first-order chi connectivity index (χ1) is 12.5. The van der Waals surface area contributed by atoms with Gasteiger partial charge >= 0.3 is 0 Å². The van der Waals surface area contributed by atoms with E-state index in [0.29, 0.717) is 13.1 Å². The first-order valence-electron chi connectivity index (χ1n) is 8.98. The van der Waals surface area contributed by atoms with Crippen LogP contribution in [0.5, 0.6) is 0 Å². The first-order valence-corrected chi connectivity index (χ1v) is 10.6. The molecule has 1 aliphatic rings. The fourth-order valence-electron chi connectivity index (χ4n) is 3.26. The van der Waals surface area contributed by atoms with Crippen LogP contribution in [0.25, 0.3) is 0 Å². The zero-order valence-electron chi connectivity index (χ0n) is 14.8. The van der Waals surface area contributed by atoms with Crippen LogP contribution in [0, 0.1) is 0 Å². The van der Waals surface area contributed by atoms with Crippen LogP contribution >= 0.6 is 0 Å². The summed E-state index contributed by atoms with van der Waals surface area (Å²) in [5, 5.41) is 0. The second-order valence-corrected chi connectivity index (χ2v) is 8.78. The second-order valence-electron chi connectivity index (χ2n) is 6.68. The zero-order valence-corrected chi connectivity index (χ0v) is 15.6. The van der Waals surface area contributed by atoms with Gasteiger partial charge in [-0.2, -0.15) is 0 Å². The van der Waals surface area contributed by atoms with Gasteiger partial charge in [0.1, 0.15) is 6.54 Å². The average Bonchev–Trinajstić information content (AvgIpc) is 2.68. The summed E-state index contributed by atoms with van der Waals surface area (Å²) in [7, 11) is -3.40. The molecule has 138 valence electrons. The van der Waals surface area contributed by atoms with Gasteiger partial charge in [0.05, 0.1) is 36.8 Å². The van der Waals surface area contributed by atoms with Gasteiger partial charge in [-0.15, -0.1) is 0 Å². The summed E-state index contributed by atoms with van der Waals surface area (Å²) in [6, 6.07) is 18.7. The van der Waals surface area contributed by atoms with Gasteiger partial charge < -0.3 is 9.80 Å². The third-order valence-corrected chi connectivity index (χ3v) is 6.54. The lowest BCUT2D eigenvalue weighted by Gasteiger charge is -2.32. The number of benzene rings is 2. The molecule has 2 aromatic rings. The second kappa shape index (κ2) is 8.47. The van der Waals surface area contributed by atoms with Crippen LogP contribution in [-0.2, 0) is 21.2 Å². The summed E-state index contributed by atoms with van der Waals surface area (Å²) >= 11 is 0. The molecule has 1 saturated heterocycles. The van der Waals surface area contributed by atoms with Crippen molar-refractivity contribution in [2.24, 2.45) is 0 Å². The van der Waals surface area contributed by atoms with Gasteiger partial charge in [-0.1, -0.05) is 48.5 Å². The van der Waals surface area contributed by atoms with Crippen LogP contribution in [0.1, 0.15) is 12.0 Å². The predicted octanol–water partition coefficient (Wildman–Crippen LogP) is 0.778. The van der Waals surface area contributed by atoms with E-state index in [1.54, 1.807) is 35.2 Å². The molecule has 26 heavy (non-hydrogen) atoms. The first kappa shape index (κ1) is 18.6. The smallest absolute Gasteiger partial charge is 0.224 e. The Bertz CT molecular complexity index is 815. The number of sulfone groups is 1. The third kappa shape index (κ3) is 4.93. The van der Waals surface area contributed by atoms with Crippen molar-refractivity contribution < 1.29 is 18.1 Å². The van der Waals surface area contributed by atoms with E-state index in [1.807, 2.05) is 18.2 Å². The number of hydrogen-bond acceptors (Lipinski definition) is 3. The van der Waals surface area contributed by atoms with Crippen molar-refractivity contribution in [2.75, 3.05) is 31.9 Å². The molecule has 1 amide bonds. The largest absolute Gasteiger partial charge is 0.331 e. The monoisotopic (exact) mass is 373 g/mol. The van der Waals surface area contributed by atoms with Crippen molar-refractivity contribution in [3.63, 3.8) is 0 Å². The van der Waals surface area contributed by atoms with Gasteiger partial charge in [0.25, 0.3) is 0 Å². The Hall–Kier alpha value is -2.18. The number of carbonyl (C=O) groups excluding carboxylic acids is 1. The number of quaternary nitrogens is 1. The van der Waals surface area contributed by atoms with Gasteiger partial charge in [0.2, 0.25) is 5.91 Å². The minimum Gasteiger partial charge on any atom is -0.331 e. The van der Waals surface area contributed by atoms with Crippen LogP contribution in [0.3, 0.4) is 0 Å². The van der Waals surface area contributed by atoms with Crippen LogP contribution in [0.2, 0.25) is 0 Å². The molecule has 2 aromatic carbocycles. The van der Waals surface area contributed by atoms with Crippen LogP contribution in [0.15, 0.2) is 65.6 Å². The molecular weight excluding hydrogens is 348 g/mol. The van der Waals surface area contributed by atoms with E-state index in [9.17, 15) is 13.2 Å². The number of piperazine rings is 1. The van der Waals surface area contributed by atoms with Crippen molar-refractivity contribution in [2.45, 2.75) is 17.9 Å². The lowest BCUT2D eigenvalue weighted by Crippen LogP contribution is -3.13. The molecule has 0 saturated carbocycles. The summed E-state index contributed by atoms with van der Waals surface area (Å²) < 4.78 is 24.6. The van der Waals surface area contributed by atoms with Gasteiger partial charge in [0, 0.05) is 12.0 Å². The summed E-state index contributed by atoms with van der Waals surface area (Å²) in [4.78, 5) is 15.9. The molecule has 0 bridgehead atoms. The van der Waals surface area contributed by atoms with E-state index >= 15 is 0 Å². The van der Waals surface area contributed by atoms with Crippen LogP contribution < -0.4 is 4.90 Å². The SMILES string of the molecule is O=C(CCS(=O)(=O)c1ccccc1)N1CC[NH+](Cc2ccccc2)CC1. The van der Waals surface area contributed by atoms with Crippen molar-refractivity contribution in [3.05, 3.63) is 66.2 Å². The third-order valence-electron chi connectivity index (χ3n) is 4.81. The van der Waals surface area contributed by atoms with Crippen molar-refractivity contribution >= 4 is 15.7 Å². The van der Waals surface area contributed by atoms with Crippen molar-refractivity contribution in [1.82, 2.24) is 4.90 Å². The Morgan fingerprint density at radius 1 is 0.923 bits per heavy atom. The van der Waals surface area contributed by atoms with Crippen molar-refractivity contribution in [3.8, 4) is 0 Å². The Balaban J connectivity index is 1.47. The highest BCUT2D eigenvalue weighted by molar-refractivity contribution is 7.91. The minimum absolute atomic E-state index is 0.0469. The maximum absolute atomic E-state index is 12.4. The van der Waals surface area contributed by atoms with E-state index in [0.717, 1.165) is 19.6 Å². The molecule has 0 aromatic heterocycles. The molecule has 0 atom stereocenters. The molecule has 0 aliphatic carbocycles. The zero-order chi connectivity index (χ0) is 18.4.